The highest BCUT2D eigenvalue weighted by atomic mass is 28.3. The molecule has 0 aliphatic rings. The molecule has 3 heteroatoms. The van der Waals surface area contributed by atoms with Gasteiger partial charge in [-0.1, -0.05) is 5.54 Å². The summed E-state index contributed by atoms with van der Waals surface area (Å²) in [5.74, 6) is 2.71. The molecule has 0 unspecified atom stereocenters. The van der Waals surface area contributed by atoms with E-state index in [0.717, 1.165) is 0 Å². The fraction of sp³-hybridized carbons (Fsp3) is 0.600. The van der Waals surface area contributed by atoms with Crippen LogP contribution in [0.1, 0.15) is 6.92 Å². The highest BCUT2D eigenvalue weighted by molar-refractivity contribution is 6.54. The Bertz CT molecular complexity index is 98.7. The van der Waals surface area contributed by atoms with E-state index in [2.05, 4.69) is 11.5 Å². The largest absolute Gasteiger partial charge is 0.482 e. The standard InChI is InChI=1S/C5H9O2Si/c1-4-5-8(6-2)7-3/h1-3H3. The van der Waals surface area contributed by atoms with Crippen molar-refractivity contribution in [3.05, 3.63) is 0 Å². The molecule has 0 aliphatic carbocycles. The van der Waals surface area contributed by atoms with Crippen LogP contribution >= 0.6 is 0 Å². The van der Waals surface area contributed by atoms with Crippen molar-refractivity contribution in [3.8, 4) is 11.5 Å². The number of hydrogen-bond donors (Lipinski definition) is 0. The van der Waals surface area contributed by atoms with Gasteiger partial charge in [0.2, 0.25) is 0 Å². The van der Waals surface area contributed by atoms with Crippen molar-refractivity contribution >= 4 is 9.28 Å². The normalized spacial score (nSPS) is 8.50. The summed E-state index contributed by atoms with van der Waals surface area (Å²) in [5, 5.41) is 0. The first-order valence-corrected chi connectivity index (χ1v) is 3.54. The molecule has 2 nitrogen and oxygen atoms in total. The molecule has 0 heterocycles. The van der Waals surface area contributed by atoms with Crippen LogP contribution in [-0.2, 0) is 8.85 Å². The summed E-state index contributed by atoms with van der Waals surface area (Å²) >= 11 is 0. The Balaban J connectivity index is 3.47. The first kappa shape index (κ1) is 7.70. The fourth-order valence-electron chi connectivity index (χ4n) is 0.287. The third kappa shape index (κ3) is 2.80. The van der Waals surface area contributed by atoms with Gasteiger partial charge in [0.25, 0.3) is 0 Å². The maximum Gasteiger partial charge on any atom is 0.482 e. The third-order valence-electron chi connectivity index (χ3n) is 0.598. The van der Waals surface area contributed by atoms with Crippen LogP contribution in [0.25, 0.3) is 0 Å². The lowest BCUT2D eigenvalue weighted by Gasteiger charge is -1.97. The maximum atomic E-state index is 4.85. The molecule has 0 N–H and O–H groups in total. The summed E-state index contributed by atoms with van der Waals surface area (Å²) in [6, 6.07) is 0. The molecule has 0 bridgehead atoms. The van der Waals surface area contributed by atoms with Gasteiger partial charge in [0.1, 0.15) is 0 Å². The summed E-state index contributed by atoms with van der Waals surface area (Å²) < 4.78 is 9.69. The van der Waals surface area contributed by atoms with Crippen molar-refractivity contribution in [2.24, 2.45) is 0 Å². The van der Waals surface area contributed by atoms with Gasteiger partial charge >= 0.3 is 9.28 Å². The molecule has 0 aromatic carbocycles. The summed E-state index contributed by atoms with van der Waals surface area (Å²) in [4.78, 5) is 0. The fourth-order valence-corrected chi connectivity index (χ4v) is 0.862. The molecular weight excluding hydrogens is 120 g/mol. The Kier molecular flexibility index (Phi) is 4.66. The molecule has 0 atom stereocenters. The van der Waals surface area contributed by atoms with Gasteiger partial charge in [0.15, 0.2) is 0 Å². The lowest BCUT2D eigenvalue weighted by molar-refractivity contribution is 0.293. The second kappa shape index (κ2) is 4.85. The van der Waals surface area contributed by atoms with Crippen LogP contribution < -0.4 is 0 Å². The van der Waals surface area contributed by atoms with E-state index in [9.17, 15) is 0 Å². The van der Waals surface area contributed by atoms with E-state index in [1.165, 1.54) is 0 Å². The predicted molar refractivity (Wildman–Crippen MR) is 33.2 cm³/mol. The van der Waals surface area contributed by atoms with E-state index in [4.69, 9.17) is 8.85 Å². The van der Waals surface area contributed by atoms with Gasteiger partial charge in [-0.15, -0.1) is 5.92 Å². The molecule has 0 aliphatic heterocycles. The van der Waals surface area contributed by atoms with Crippen molar-refractivity contribution in [1.82, 2.24) is 0 Å². The second-order valence-electron chi connectivity index (χ2n) is 1.07. The topological polar surface area (TPSA) is 18.5 Å². The molecule has 0 amide bonds. The Morgan fingerprint density at radius 3 is 1.88 bits per heavy atom. The van der Waals surface area contributed by atoms with Gasteiger partial charge in [0.05, 0.1) is 0 Å². The van der Waals surface area contributed by atoms with Crippen molar-refractivity contribution in [1.29, 1.82) is 0 Å². The zero-order valence-corrected chi connectivity index (χ0v) is 6.32. The Morgan fingerprint density at radius 2 is 1.75 bits per heavy atom. The highest BCUT2D eigenvalue weighted by Crippen LogP contribution is 1.78. The van der Waals surface area contributed by atoms with E-state index < -0.39 is 9.28 Å². The van der Waals surface area contributed by atoms with Gasteiger partial charge in [-0.2, -0.15) is 0 Å². The summed E-state index contributed by atoms with van der Waals surface area (Å²) in [7, 11) is 1.96. The first-order chi connectivity index (χ1) is 3.85. The SMILES string of the molecule is CC#C[Si](OC)OC. The van der Waals surface area contributed by atoms with E-state index in [1.807, 2.05) is 0 Å². The van der Waals surface area contributed by atoms with Crippen LogP contribution in [0.2, 0.25) is 0 Å². The second-order valence-corrected chi connectivity index (χ2v) is 2.71. The summed E-state index contributed by atoms with van der Waals surface area (Å²) in [6.45, 7) is 1.77. The van der Waals surface area contributed by atoms with Crippen LogP contribution in [0.15, 0.2) is 0 Å². The Hall–Kier alpha value is -0.303. The smallest absolute Gasteiger partial charge is 0.387 e. The minimum Gasteiger partial charge on any atom is -0.387 e. The van der Waals surface area contributed by atoms with E-state index in [1.54, 1.807) is 21.1 Å². The van der Waals surface area contributed by atoms with Gasteiger partial charge in [-0.05, 0) is 6.92 Å². The molecule has 45 valence electrons. The van der Waals surface area contributed by atoms with Gasteiger partial charge in [0, 0.05) is 14.2 Å². The van der Waals surface area contributed by atoms with E-state index in [0.29, 0.717) is 0 Å². The van der Waals surface area contributed by atoms with E-state index in [-0.39, 0.29) is 0 Å². The van der Waals surface area contributed by atoms with Crippen LogP contribution in [0, 0.1) is 11.5 Å². The first-order valence-electron chi connectivity index (χ1n) is 2.22. The molecule has 0 aromatic rings. The van der Waals surface area contributed by atoms with Crippen molar-refractivity contribution in [2.75, 3.05) is 14.2 Å². The molecule has 0 saturated carbocycles. The molecule has 0 aromatic heterocycles. The number of rotatable bonds is 2. The monoisotopic (exact) mass is 129 g/mol. The molecule has 1 radical (unpaired) electrons. The van der Waals surface area contributed by atoms with Crippen LogP contribution in [0.5, 0.6) is 0 Å². The zero-order chi connectivity index (χ0) is 6.41. The quantitative estimate of drug-likeness (QED) is 0.395. The van der Waals surface area contributed by atoms with Crippen molar-refractivity contribution in [3.63, 3.8) is 0 Å². The highest BCUT2D eigenvalue weighted by Gasteiger charge is 2.04. The molecule has 0 fully saturated rings. The predicted octanol–water partition coefficient (Wildman–Crippen LogP) is 0.330. The van der Waals surface area contributed by atoms with Crippen molar-refractivity contribution < 1.29 is 8.85 Å². The zero-order valence-electron chi connectivity index (χ0n) is 5.32. The minimum absolute atomic E-state index is 1.24. The average molecular weight is 129 g/mol. The molecular formula is C5H9O2Si. The molecule has 0 saturated heterocycles. The minimum atomic E-state index is -1.24. The lowest BCUT2D eigenvalue weighted by atomic mass is 10.8. The lowest BCUT2D eigenvalue weighted by Crippen LogP contribution is -2.16. The molecule has 0 rings (SSSR count). The van der Waals surface area contributed by atoms with Gasteiger partial charge in [-0.25, -0.2) is 0 Å². The molecule has 0 spiro atoms. The Morgan fingerprint density at radius 1 is 1.25 bits per heavy atom. The van der Waals surface area contributed by atoms with Crippen LogP contribution in [0.4, 0.5) is 0 Å². The Labute approximate surface area is 51.6 Å². The van der Waals surface area contributed by atoms with E-state index >= 15 is 0 Å². The van der Waals surface area contributed by atoms with Crippen molar-refractivity contribution in [2.45, 2.75) is 6.92 Å². The summed E-state index contributed by atoms with van der Waals surface area (Å²) in [5.41, 5.74) is 2.79. The maximum absolute atomic E-state index is 4.85. The third-order valence-corrected chi connectivity index (χ3v) is 1.79. The molecule has 8 heavy (non-hydrogen) atoms. The van der Waals surface area contributed by atoms with Crippen LogP contribution in [0.3, 0.4) is 0 Å². The average Bonchev–Trinajstić information content (AvgIpc) is 1.83. The summed E-state index contributed by atoms with van der Waals surface area (Å²) in [6.07, 6.45) is 0. The number of hydrogen-bond acceptors (Lipinski definition) is 2. The van der Waals surface area contributed by atoms with Gasteiger partial charge in [-0.3, -0.25) is 0 Å². The van der Waals surface area contributed by atoms with Crippen LogP contribution in [-0.4, -0.2) is 23.5 Å². The van der Waals surface area contributed by atoms with Gasteiger partial charge < -0.3 is 8.85 Å².